The Bertz CT molecular complexity index is 2020. The molecule has 1 atom stereocenters. The fourth-order valence-corrected chi connectivity index (χ4v) is 7.51. The van der Waals surface area contributed by atoms with Crippen molar-refractivity contribution in [3.8, 4) is 16.9 Å². The first-order chi connectivity index (χ1) is 25.5. The van der Waals surface area contributed by atoms with Gasteiger partial charge in [-0.3, -0.25) is 9.69 Å². The van der Waals surface area contributed by atoms with E-state index in [4.69, 9.17) is 9.47 Å². The van der Waals surface area contributed by atoms with E-state index in [-0.39, 0.29) is 12.0 Å². The first-order valence-corrected chi connectivity index (χ1v) is 18.4. The molecular weight excluding hydrogens is 670 g/mol. The van der Waals surface area contributed by atoms with Crippen LogP contribution in [0.15, 0.2) is 97.1 Å². The van der Waals surface area contributed by atoms with Crippen LogP contribution in [0.4, 0.5) is 14.9 Å². The number of aromatic amines is 1. The number of nitrogens with one attached hydrogen (secondary N) is 2. The second-order valence-corrected chi connectivity index (χ2v) is 15.0. The van der Waals surface area contributed by atoms with E-state index in [2.05, 4.69) is 44.4 Å². The molecule has 276 valence electrons. The molecule has 53 heavy (non-hydrogen) atoms. The molecule has 0 saturated carbocycles. The van der Waals surface area contributed by atoms with Crippen LogP contribution in [-0.4, -0.2) is 84.8 Å². The SMILES string of the molecule is COc1ccc(F)cc1[C@@H](NC(=O)c1cccc(-c2ccc(N3CCC(N4CCN(C(=O)OC(C)(C)C)CC4)CC3)cc2)c1)c1cc2ccccc2[nH]1. The number of fused-ring (bicyclic) bond motifs is 1. The number of carbonyl (C=O) groups excluding carboxylic acids is 2. The summed E-state index contributed by atoms with van der Waals surface area (Å²) in [5.41, 5.74) is 5.30. The third-order valence-electron chi connectivity index (χ3n) is 10.3. The lowest BCUT2D eigenvalue weighted by Crippen LogP contribution is -2.55. The minimum Gasteiger partial charge on any atom is -0.496 e. The molecule has 0 bridgehead atoms. The lowest BCUT2D eigenvalue weighted by atomic mass is 9.99. The molecule has 1 aromatic heterocycles. The van der Waals surface area contributed by atoms with Gasteiger partial charge in [-0.2, -0.15) is 0 Å². The average molecular weight is 718 g/mol. The number of rotatable bonds is 8. The maximum Gasteiger partial charge on any atom is 0.410 e. The molecule has 0 aliphatic carbocycles. The quantitative estimate of drug-likeness (QED) is 0.169. The van der Waals surface area contributed by atoms with Crippen LogP contribution in [0.25, 0.3) is 22.0 Å². The second kappa shape index (κ2) is 15.3. The Hall–Kier alpha value is -5.35. The number of carbonyl (C=O) groups is 2. The number of benzene rings is 4. The van der Waals surface area contributed by atoms with Crippen molar-refractivity contribution in [1.29, 1.82) is 0 Å². The summed E-state index contributed by atoms with van der Waals surface area (Å²) in [6.07, 6.45) is 1.93. The number of para-hydroxylation sites is 1. The molecule has 7 rings (SSSR count). The molecule has 10 heteroatoms. The minimum atomic E-state index is -0.686. The van der Waals surface area contributed by atoms with Crippen LogP contribution in [0.1, 0.15) is 61.3 Å². The lowest BCUT2D eigenvalue weighted by Gasteiger charge is -2.43. The monoisotopic (exact) mass is 717 g/mol. The van der Waals surface area contributed by atoms with Gasteiger partial charge in [-0.15, -0.1) is 0 Å². The Labute approximate surface area is 310 Å². The van der Waals surface area contributed by atoms with E-state index < -0.39 is 17.5 Å². The zero-order valence-electron chi connectivity index (χ0n) is 30.9. The molecule has 0 unspecified atom stereocenters. The number of amides is 2. The first kappa shape index (κ1) is 36.0. The molecule has 2 aliphatic heterocycles. The summed E-state index contributed by atoms with van der Waals surface area (Å²) in [7, 11) is 1.54. The number of halogens is 1. The molecule has 2 saturated heterocycles. The van der Waals surface area contributed by atoms with Crippen molar-refractivity contribution in [3.05, 3.63) is 120 Å². The number of hydrogen-bond donors (Lipinski definition) is 2. The summed E-state index contributed by atoms with van der Waals surface area (Å²) in [6, 6.07) is 30.1. The number of piperidine rings is 1. The van der Waals surface area contributed by atoms with Crippen LogP contribution in [0.5, 0.6) is 5.75 Å². The number of H-pyrrole nitrogens is 1. The molecule has 0 spiro atoms. The maximum absolute atomic E-state index is 14.6. The van der Waals surface area contributed by atoms with E-state index in [0.717, 1.165) is 66.7 Å². The zero-order valence-corrected chi connectivity index (χ0v) is 30.9. The van der Waals surface area contributed by atoms with Gasteiger partial charge in [-0.25, -0.2) is 9.18 Å². The van der Waals surface area contributed by atoms with Crippen molar-refractivity contribution in [3.63, 3.8) is 0 Å². The van der Waals surface area contributed by atoms with Crippen molar-refractivity contribution in [2.24, 2.45) is 0 Å². The van der Waals surface area contributed by atoms with E-state index in [0.29, 0.717) is 36.0 Å². The summed E-state index contributed by atoms with van der Waals surface area (Å²) in [6.45, 7) is 10.8. The van der Waals surface area contributed by atoms with Gasteiger partial charge in [0.1, 0.15) is 17.2 Å². The van der Waals surface area contributed by atoms with Gasteiger partial charge in [0.05, 0.1) is 13.2 Å². The number of nitrogens with zero attached hydrogens (tertiary/aromatic N) is 3. The van der Waals surface area contributed by atoms with Crippen LogP contribution in [-0.2, 0) is 4.74 Å². The third-order valence-corrected chi connectivity index (χ3v) is 10.3. The maximum atomic E-state index is 14.6. The Kier molecular flexibility index (Phi) is 10.4. The van der Waals surface area contributed by atoms with Gasteiger partial charge in [-0.1, -0.05) is 42.5 Å². The summed E-state index contributed by atoms with van der Waals surface area (Å²) in [5.74, 6) is -0.222. The summed E-state index contributed by atoms with van der Waals surface area (Å²) in [5, 5.41) is 4.14. The van der Waals surface area contributed by atoms with E-state index in [9.17, 15) is 14.0 Å². The highest BCUT2D eigenvalue weighted by Gasteiger charge is 2.31. The van der Waals surface area contributed by atoms with E-state index >= 15 is 0 Å². The molecular formula is C43H48FN5O4. The zero-order chi connectivity index (χ0) is 37.1. The molecule has 0 radical (unpaired) electrons. The van der Waals surface area contributed by atoms with Crippen LogP contribution >= 0.6 is 0 Å². The Morgan fingerprint density at radius 3 is 2.26 bits per heavy atom. The highest BCUT2D eigenvalue weighted by Crippen LogP contribution is 2.33. The topological polar surface area (TPSA) is 90.1 Å². The van der Waals surface area contributed by atoms with Gasteiger partial charge < -0.3 is 29.6 Å². The summed E-state index contributed by atoms with van der Waals surface area (Å²) < 4.78 is 25.7. The smallest absolute Gasteiger partial charge is 0.410 e. The van der Waals surface area contributed by atoms with E-state index in [1.54, 1.807) is 12.1 Å². The van der Waals surface area contributed by atoms with Gasteiger partial charge in [0.2, 0.25) is 0 Å². The van der Waals surface area contributed by atoms with Gasteiger partial charge in [0.15, 0.2) is 0 Å². The lowest BCUT2D eigenvalue weighted by molar-refractivity contribution is 0.00901. The molecule has 2 fully saturated rings. The Balaban J connectivity index is 0.997. The Morgan fingerprint density at radius 2 is 1.57 bits per heavy atom. The largest absolute Gasteiger partial charge is 0.496 e. The normalized spacial score (nSPS) is 16.4. The summed E-state index contributed by atoms with van der Waals surface area (Å²) in [4.78, 5) is 36.6. The number of piperazine rings is 1. The number of hydrogen-bond acceptors (Lipinski definition) is 6. The molecule has 2 N–H and O–H groups in total. The third kappa shape index (κ3) is 8.33. The van der Waals surface area contributed by atoms with E-state index in [1.165, 1.54) is 24.9 Å². The standard InChI is InChI=1S/C43H48FN5O4/c1-43(2,3)53-42(51)49-24-22-48(23-25-49)35-18-20-47(21-19-35)34-15-12-29(13-16-34)30-9-7-10-32(26-30)41(50)46-40(36-28-33(44)14-17-39(36)52-4)38-27-31-8-5-6-11-37(31)45-38/h5-17,26-28,35,40,45H,18-25H2,1-4H3,(H,46,50)/t40-/m1/s1. The number of anilines is 1. The predicted molar refractivity (Wildman–Crippen MR) is 207 cm³/mol. The van der Waals surface area contributed by atoms with Crippen LogP contribution in [0, 0.1) is 5.82 Å². The number of methoxy groups -OCH3 is 1. The molecule has 4 aromatic carbocycles. The number of ether oxygens (including phenoxy) is 2. The fraction of sp³-hybridized carbons (Fsp3) is 0.349. The van der Waals surface area contributed by atoms with Gasteiger partial charge >= 0.3 is 6.09 Å². The van der Waals surface area contributed by atoms with Crippen molar-refractivity contribution in [2.75, 3.05) is 51.3 Å². The van der Waals surface area contributed by atoms with Crippen LogP contribution in [0.2, 0.25) is 0 Å². The van der Waals surface area contributed by atoms with Crippen LogP contribution < -0.4 is 15.0 Å². The van der Waals surface area contributed by atoms with Crippen LogP contribution in [0.3, 0.4) is 0 Å². The Morgan fingerprint density at radius 1 is 0.830 bits per heavy atom. The molecule has 2 aliphatic rings. The fourth-order valence-electron chi connectivity index (χ4n) is 7.51. The summed E-state index contributed by atoms with van der Waals surface area (Å²) >= 11 is 0. The highest BCUT2D eigenvalue weighted by atomic mass is 19.1. The van der Waals surface area contributed by atoms with Crippen molar-refractivity contribution < 1.29 is 23.5 Å². The van der Waals surface area contributed by atoms with Gasteiger partial charge in [0.25, 0.3) is 5.91 Å². The molecule has 2 amide bonds. The highest BCUT2D eigenvalue weighted by molar-refractivity contribution is 5.96. The molecule has 5 aromatic rings. The molecule has 3 heterocycles. The van der Waals surface area contributed by atoms with Crippen molar-refractivity contribution in [2.45, 2.75) is 51.3 Å². The second-order valence-electron chi connectivity index (χ2n) is 15.0. The van der Waals surface area contributed by atoms with Gasteiger partial charge in [-0.05, 0) is 105 Å². The number of aromatic nitrogens is 1. The van der Waals surface area contributed by atoms with Gasteiger partial charge in [0, 0.05) is 73.3 Å². The first-order valence-electron chi connectivity index (χ1n) is 18.4. The average Bonchev–Trinajstić information content (AvgIpc) is 3.61. The predicted octanol–water partition coefficient (Wildman–Crippen LogP) is 8.02. The molecule has 9 nitrogen and oxygen atoms in total. The minimum absolute atomic E-state index is 0.220. The van der Waals surface area contributed by atoms with Crippen molar-refractivity contribution >= 4 is 28.6 Å². The van der Waals surface area contributed by atoms with E-state index in [1.807, 2.05) is 74.2 Å². The van der Waals surface area contributed by atoms with Crippen molar-refractivity contribution in [1.82, 2.24) is 20.1 Å².